The van der Waals surface area contributed by atoms with E-state index in [1.807, 2.05) is 0 Å². The predicted octanol–water partition coefficient (Wildman–Crippen LogP) is 5.97. The zero-order valence-electron chi connectivity index (χ0n) is 15.3. The van der Waals surface area contributed by atoms with Crippen LogP contribution in [0.2, 0.25) is 10.0 Å². The molecule has 162 valence electrons. The van der Waals surface area contributed by atoms with Gasteiger partial charge in [-0.05, 0) is 37.0 Å². The van der Waals surface area contributed by atoms with Crippen molar-refractivity contribution in [2.75, 3.05) is 6.54 Å². The average Bonchev–Trinajstić information content (AvgIpc) is 3.48. The van der Waals surface area contributed by atoms with E-state index in [1.165, 1.54) is 18.2 Å². The third-order valence-electron chi connectivity index (χ3n) is 5.16. The molecule has 1 unspecified atom stereocenters. The van der Waals surface area contributed by atoms with E-state index in [1.54, 1.807) is 0 Å². The summed E-state index contributed by atoms with van der Waals surface area (Å²) in [6.45, 7) is -0.184. The first kappa shape index (κ1) is 22.7. The Bertz CT molecular complexity index is 917. The van der Waals surface area contributed by atoms with Crippen molar-refractivity contribution in [1.29, 1.82) is 0 Å². The molecule has 2 aromatic rings. The Morgan fingerprint density at radius 2 is 1.80 bits per heavy atom. The minimum atomic E-state index is -4.41. The molecule has 1 amide bonds. The second-order valence-electron chi connectivity index (χ2n) is 7.17. The molecule has 1 aromatic heterocycles. The summed E-state index contributed by atoms with van der Waals surface area (Å²) in [6.07, 6.45) is -5.54. The van der Waals surface area contributed by atoms with Gasteiger partial charge in [-0.15, -0.1) is 0 Å². The SMILES string of the molecule is O=C(NCC(CC1(C(F)(F)F)CC1)c1cnc(C(F)F)nc1)c1cccc(Cl)c1Cl. The number of carbonyl (C=O) groups is 1. The van der Waals surface area contributed by atoms with Gasteiger partial charge in [0, 0.05) is 24.9 Å². The lowest BCUT2D eigenvalue weighted by molar-refractivity contribution is -0.190. The number of alkyl halides is 5. The smallest absolute Gasteiger partial charge is 0.351 e. The second kappa shape index (κ2) is 8.63. The average molecular weight is 468 g/mol. The van der Waals surface area contributed by atoms with Crippen LogP contribution in [0.15, 0.2) is 30.6 Å². The normalized spacial score (nSPS) is 16.4. The molecule has 1 N–H and O–H groups in total. The monoisotopic (exact) mass is 467 g/mol. The molecule has 3 rings (SSSR count). The summed E-state index contributed by atoms with van der Waals surface area (Å²) in [5.41, 5.74) is -1.56. The van der Waals surface area contributed by atoms with Crippen LogP contribution in [-0.4, -0.2) is 28.6 Å². The predicted molar refractivity (Wildman–Crippen MR) is 101 cm³/mol. The molecule has 1 fully saturated rings. The Balaban J connectivity index is 1.80. The maximum Gasteiger partial charge on any atom is 0.394 e. The number of halogens is 7. The topological polar surface area (TPSA) is 54.9 Å². The lowest BCUT2D eigenvalue weighted by Crippen LogP contribution is -2.33. The van der Waals surface area contributed by atoms with Gasteiger partial charge < -0.3 is 5.32 Å². The van der Waals surface area contributed by atoms with Crippen LogP contribution < -0.4 is 5.32 Å². The van der Waals surface area contributed by atoms with Crippen LogP contribution in [0.3, 0.4) is 0 Å². The number of rotatable bonds is 7. The standard InChI is InChI=1S/C19H16Cl2F5N3O/c20-13-3-1-2-12(14(13)21)17(30)29-7-10(6-18(4-5-18)19(24,25)26)11-8-27-16(15(22)23)28-9-11/h1-3,8-10,15H,4-7H2,(H,29,30). The zero-order chi connectivity index (χ0) is 22.1. The van der Waals surface area contributed by atoms with Gasteiger partial charge >= 0.3 is 6.18 Å². The highest BCUT2D eigenvalue weighted by molar-refractivity contribution is 6.43. The van der Waals surface area contributed by atoms with E-state index in [-0.39, 0.29) is 47.0 Å². The second-order valence-corrected chi connectivity index (χ2v) is 7.95. The molecular formula is C19H16Cl2F5N3O. The Morgan fingerprint density at radius 3 is 2.33 bits per heavy atom. The number of nitrogens with one attached hydrogen (secondary N) is 1. The summed E-state index contributed by atoms with van der Waals surface area (Å²) >= 11 is 11.9. The molecule has 4 nitrogen and oxygen atoms in total. The lowest BCUT2D eigenvalue weighted by Gasteiger charge is -2.25. The quantitative estimate of drug-likeness (QED) is 0.510. The first-order valence-electron chi connectivity index (χ1n) is 8.93. The van der Waals surface area contributed by atoms with Crippen LogP contribution in [0.1, 0.15) is 53.4 Å². The van der Waals surface area contributed by atoms with Gasteiger partial charge in [0.1, 0.15) is 0 Å². The maximum absolute atomic E-state index is 13.5. The first-order valence-corrected chi connectivity index (χ1v) is 9.68. The van der Waals surface area contributed by atoms with E-state index >= 15 is 0 Å². The van der Waals surface area contributed by atoms with Crippen LogP contribution in [-0.2, 0) is 0 Å². The van der Waals surface area contributed by atoms with E-state index in [0.29, 0.717) is 0 Å². The molecule has 0 radical (unpaired) electrons. The Kier molecular flexibility index (Phi) is 6.52. The van der Waals surface area contributed by atoms with Gasteiger partial charge in [-0.2, -0.15) is 13.2 Å². The molecule has 30 heavy (non-hydrogen) atoms. The van der Waals surface area contributed by atoms with Gasteiger partial charge in [0.05, 0.1) is 21.0 Å². The van der Waals surface area contributed by atoms with Crippen molar-refractivity contribution in [3.63, 3.8) is 0 Å². The van der Waals surface area contributed by atoms with Crippen molar-refractivity contribution in [3.05, 3.63) is 57.6 Å². The van der Waals surface area contributed by atoms with E-state index in [9.17, 15) is 26.7 Å². The van der Waals surface area contributed by atoms with E-state index in [2.05, 4.69) is 15.3 Å². The third-order valence-corrected chi connectivity index (χ3v) is 5.97. The van der Waals surface area contributed by atoms with Crippen LogP contribution >= 0.6 is 23.2 Å². The largest absolute Gasteiger partial charge is 0.394 e. The molecule has 11 heteroatoms. The van der Waals surface area contributed by atoms with Crippen LogP contribution in [0, 0.1) is 5.41 Å². The summed E-state index contributed by atoms with van der Waals surface area (Å²) < 4.78 is 65.8. The summed E-state index contributed by atoms with van der Waals surface area (Å²) in [5.74, 6) is -2.17. The minimum Gasteiger partial charge on any atom is -0.351 e. The third kappa shape index (κ3) is 4.83. The van der Waals surface area contributed by atoms with Gasteiger partial charge in [-0.1, -0.05) is 29.3 Å². The number of hydrogen-bond donors (Lipinski definition) is 1. The number of benzene rings is 1. The van der Waals surface area contributed by atoms with Gasteiger partial charge in [0.25, 0.3) is 12.3 Å². The van der Waals surface area contributed by atoms with Gasteiger partial charge in [-0.25, -0.2) is 18.7 Å². The molecule has 0 saturated heterocycles. The van der Waals surface area contributed by atoms with Crippen LogP contribution in [0.4, 0.5) is 22.0 Å². The Hall–Kier alpha value is -2.00. The summed E-state index contributed by atoms with van der Waals surface area (Å²) in [4.78, 5) is 19.5. The molecule has 1 aliphatic rings. The van der Waals surface area contributed by atoms with Gasteiger partial charge in [0.2, 0.25) is 0 Å². The number of nitrogens with zero attached hydrogens (tertiary/aromatic N) is 2. The minimum absolute atomic E-state index is 0.0202. The van der Waals surface area contributed by atoms with Crippen molar-refractivity contribution in [3.8, 4) is 0 Å². The molecule has 1 saturated carbocycles. The highest BCUT2D eigenvalue weighted by Crippen LogP contribution is 2.62. The van der Waals surface area contributed by atoms with Crippen LogP contribution in [0.5, 0.6) is 0 Å². The zero-order valence-corrected chi connectivity index (χ0v) is 16.8. The summed E-state index contributed by atoms with van der Waals surface area (Å²) in [7, 11) is 0. The fraction of sp³-hybridized carbons (Fsp3) is 0.421. The van der Waals surface area contributed by atoms with Crippen molar-refractivity contribution in [2.45, 2.75) is 37.8 Å². The fourth-order valence-electron chi connectivity index (χ4n) is 3.20. The summed E-state index contributed by atoms with van der Waals surface area (Å²) in [6, 6.07) is 4.43. The highest BCUT2D eigenvalue weighted by Gasteiger charge is 2.63. The maximum atomic E-state index is 13.5. The molecule has 0 spiro atoms. The highest BCUT2D eigenvalue weighted by atomic mass is 35.5. The number of amides is 1. The van der Waals surface area contributed by atoms with Gasteiger partial charge in [-0.3, -0.25) is 4.79 Å². The van der Waals surface area contributed by atoms with Crippen molar-refractivity contribution < 1.29 is 26.7 Å². The Morgan fingerprint density at radius 1 is 1.17 bits per heavy atom. The van der Waals surface area contributed by atoms with Crippen molar-refractivity contribution in [1.82, 2.24) is 15.3 Å². The molecular weight excluding hydrogens is 452 g/mol. The van der Waals surface area contributed by atoms with E-state index in [4.69, 9.17) is 23.2 Å². The molecule has 0 aliphatic heterocycles. The van der Waals surface area contributed by atoms with Crippen LogP contribution in [0.25, 0.3) is 0 Å². The number of carbonyl (C=O) groups excluding carboxylic acids is 1. The molecule has 1 aliphatic carbocycles. The molecule has 0 bridgehead atoms. The Labute approximate surface area is 178 Å². The first-order chi connectivity index (χ1) is 14.0. The molecule has 1 aromatic carbocycles. The summed E-state index contributed by atoms with van der Waals surface area (Å²) in [5, 5.41) is 2.73. The van der Waals surface area contributed by atoms with Gasteiger partial charge in [0.15, 0.2) is 5.82 Å². The van der Waals surface area contributed by atoms with Crippen molar-refractivity contribution >= 4 is 29.1 Å². The molecule has 1 heterocycles. The van der Waals surface area contributed by atoms with E-state index < -0.39 is 35.7 Å². The molecule has 1 atom stereocenters. The van der Waals surface area contributed by atoms with E-state index in [0.717, 1.165) is 12.4 Å². The number of aromatic nitrogens is 2. The fourth-order valence-corrected chi connectivity index (χ4v) is 3.58. The lowest BCUT2D eigenvalue weighted by atomic mass is 9.87. The number of hydrogen-bond acceptors (Lipinski definition) is 3. The van der Waals surface area contributed by atoms with Crippen molar-refractivity contribution in [2.24, 2.45) is 5.41 Å².